The van der Waals surface area contributed by atoms with Crippen molar-refractivity contribution in [1.29, 1.82) is 0 Å². The van der Waals surface area contributed by atoms with E-state index in [-0.39, 0.29) is 5.91 Å². The molecule has 8 nitrogen and oxygen atoms in total. The first-order valence-corrected chi connectivity index (χ1v) is 10.2. The lowest BCUT2D eigenvalue weighted by atomic mass is 10.0. The minimum absolute atomic E-state index is 0.0422. The fourth-order valence-electron chi connectivity index (χ4n) is 3.30. The predicted molar refractivity (Wildman–Crippen MR) is 110 cm³/mol. The minimum Gasteiger partial charge on any atom is -0.383 e. The number of rotatable bonds is 9. The van der Waals surface area contributed by atoms with Gasteiger partial charge in [-0.2, -0.15) is 4.98 Å². The third-order valence-corrected chi connectivity index (χ3v) is 5.12. The van der Waals surface area contributed by atoms with E-state index in [1.807, 2.05) is 12.1 Å². The molecule has 0 saturated carbocycles. The molecule has 1 aliphatic heterocycles. The predicted octanol–water partition coefficient (Wildman–Crippen LogP) is 1.74. The van der Waals surface area contributed by atoms with Crippen LogP contribution in [0.1, 0.15) is 31.2 Å². The lowest BCUT2D eigenvalue weighted by molar-refractivity contribution is -0.122. The molecule has 1 amide bonds. The highest BCUT2D eigenvalue weighted by atomic mass is 16.5. The molecule has 158 valence electrons. The van der Waals surface area contributed by atoms with Crippen molar-refractivity contribution in [3.63, 3.8) is 0 Å². The summed E-state index contributed by atoms with van der Waals surface area (Å²) in [7, 11) is 1.63. The van der Waals surface area contributed by atoms with Crippen LogP contribution in [0.5, 0.6) is 0 Å². The first kappa shape index (κ1) is 21.4. The maximum Gasteiger partial charge on any atom is 0.241 e. The summed E-state index contributed by atoms with van der Waals surface area (Å²) >= 11 is 0. The first-order chi connectivity index (χ1) is 14.0. The van der Waals surface area contributed by atoms with Gasteiger partial charge >= 0.3 is 0 Å². The summed E-state index contributed by atoms with van der Waals surface area (Å²) in [5, 5.41) is 6.99. The van der Waals surface area contributed by atoms with Gasteiger partial charge in [-0.1, -0.05) is 43.3 Å². The van der Waals surface area contributed by atoms with Crippen LogP contribution >= 0.6 is 0 Å². The molecule has 0 aliphatic carbocycles. The number of methoxy groups -OCH3 is 1. The fourth-order valence-corrected chi connectivity index (χ4v) is 3.30. The summed E-state index contributed by atoms with van der Waals surface area (Å²) in [6.07, 6.45) is 0. The molecule has 0 radical (unpaired) electrons. The standard InChI is InChI=1S/C21H31N5O3/c1-16(2)17-4-6-18(7-5-17)21-23-20(29-24-21)15-26-11-9-25(10-12-26)14-19(27)22-8-13-28-3/h4-7,16H,8-15H2,1-3H3,(H,22,27). The number of piperazine rings is 1. The molecule has 1 aromatic carbocycles. The van der Waals surface area contributed by atoms with Gasteiger partial charge in [0, 0.05) is 45.4 Å². The van der Waals surface area contributed by atoms with Crippen molar-refractivity contribution in [2.75, 3.05) is 53.0 Å². The van der Waals surface area contributed by atoms with E-state index in [4.69, 9.17) is 9.26 Å². The highest BCUT2D eigenvalue weighted by Crippen LogP contribution is 2.21. The molecule has 1 aliphatic rings. The summed E-state index contributed by atoms with van der Waals surface area (Å²) < 4.78 is 10.4. The Morgan fingerprint density at radius 2 is 1.86 bits per heavy atom. The topological polar surface area (TPSA) is 83.7 Å². The van der Waals surface area contributed by atoms with Crippen LogP contribution in [-0.4, -0.2) is 78.8 Å². The summed E-state index contributed by atoms with van der Waals surface area (Å²) in [5.74, 6) is 1.79. The van der Waals surface area contributed by atoms with Gasteiger partial charge in [-0.15, -0.1) is 0 Å². The van der Waals surface area contributed by atoms with E-state index in [0.717, 1.165) is 31.7 Å². The molecule has 8 heteroatoms. The van der Waals surface area contributed by atoms with Gasteiger partial charge in [0.15, 0.2) is 0 Å². The summed E-state index contributed by atoms with van der Waals surface area (Å²) in [6.45, 7) is 9.91. The van der Waals surface area contributed by atoms with Gasteiger partial charge in [0.05, 0.1) is 19.7 Å². The van der Waals surface area contributed by atoms with Gasteiger partial charge in [0.25, 0.3) is 0 Å². The van der Waals surface area contributed by atoms with Crippen LogP contribution < -0.4 is 5.32 Å². The highest BCUT2D eigenvalue weighted by molar-refractivity contribution is 5.78. The normalized spacial score (nSPS) is 15.7. The van der Waals surface area contributed by atoms with Gasteiger partial charge in [-0.25, -0.2) is 0 Å². The summed E-state index contributed by atoms with van der Waals surface area (Å²) in [5.41, 5.74) is 2.26. The van der Waals surface area contributed by atoms with E-state index in [1.54, 1.807) is 7.11 Å². The number of nitrogens with one attached hydrogen (secondary N) is 1. The van der Waals surface area contributed by atoms with Gasteiger partial charge < -0.3 is 14.6 Å². The van der Waals surface area contributed by atoms with E-state index in [2.05, 4.69) is 51.2 Å². The first-order valence-electron chi connectivity index (χ1n) is 10.2. The molecular weight excluding hydrogens is 370 g/mol. The van der Waals surface area contributed by atoms with Crippen molar-refractivity contribution in [2.45, 2.75) is 26.3 Å². The Bertz CT molecular complexity index is 767. The van der Waals surface area contributed by atoms with E-state index < -0.39 is 0 Å². The third kappa shape index (κ3) is 6.35. The summed E-state index contributed by atoms with van der Waals surface area (Å²) in [6, 6.07) is 8.31. The van der Waals surface area contributed by atoms with Crippen LogP contribution in [0.15, 0.2) is 28.8 Å². The number of nitrogens with zero attached hydrogens (tertiary/aromatic N) is 4. The molecule has 1 saturated heterocycles. The monoisotopic (exact) mass is 401 g/mol. The molecular formula is C21H31N5O3. The maximum absolute atomic E-state index is 11.9. The minimum atomic E-state index is 0.0422. The smallest absolute Gasteiger partial charge is 0.241 e. The van der Waals surface area contributed by atoms with Gasteiger partial charge in [-0.05, 0) is 11.5 Å². The molecule has 0 unspecified atom stereocenters. The van der Waals surface area contributed by atoms with E-state index in [9.17, 15) is 4.79 Å². The van der Waals surface area contributed by atoms with Gasteiger partial charge in [0.1, 0.15) is 0 Å². The third-order valence-electron chi connectivity index (χ3n) is 5.12. The number of carbonyl (C=O) groups excluding carboxylic acids is 1. The number of hydrogen-bond acceptors (Lipinski definition) is 7. The Hall–Kier alpha value is -2.29. The molecule has 3 rings (SSSR count). The number of benzene rings is 1. The lowest BCUT2D eigenvalue weighted by Gasteiger charge is -2.33. The zero-order valence-corrected chi connectivity index (χ0v) is 17.6. The molecule has 29 heavy (non-hydrogen) atoms. The second-order valence-electron chi connectivity index (χ2n) is 7.68. The van der Waals surface area contributed by atoms with Crippen LogP contribution in [0, 0.1) is 0 Å². The van der Waals surface area contributed by atoms with E-state index >= 15 is 0 Å². The van der Waals surface area contributed by atoms with Gasteiger partial charge in [0.2, 0.25) is 17.6 Å². The molecule has 2 aromatic rings. The summed E-state index contributed by atoms with van der Waals surface area (Å²) in [4.78, 5) is 20.9. The average Bonchev–Trinajstić information content (AvgIpc) is 3.18. The largest absolute Gasteiger partial charge is 0.383 e. The van der Waals surface area contributed by atoms with Crippen molar-refractivity contribution in [1.82, 2.24) is 25.3 Å². The lowest BCUT2D eigenvalue weighted by Crippen LogP contribution is -2.49. The van der Waals surface area contributed by atoms with Crippen molar-refractivity contribution in [2.24, 2.45) is 0 Å². The molecule has 1 N–H and O–H groups in total. The molecule has 1 aromatic heterocycles. The number of amides is 1. The Labute approximate surface area is 172 Å². The number of aromatic nitrogens is 2. The Kier molecular flexibility index (Phi) is 7.74. The zero-order chi connectivity index (χ0) is 20.6. The van der Waals surface area contributed by atoms with Crippen LogP contribution in [0.4, 0.5) is 0 Å². The highest BCUT2D eigenvalue weighted by Gasteiger charge is 2.21. The van der Waals surface area contributed by atoms with Crippen molar-refractivity contribution < 1.29 is 14.1 Å². The van der Waals surface area contributed by atoms with E-state index in [0.29, 0.717) is 43.9 Å². The zero-order valence-electron chi connectivity index (χ0n) is 17.6. The second-order valence-corrected chi connectivity index (χ2v) is 7.68. The number of hydrogen-bond donors (Lipinski definition) is 1. The Morgan fingerprint density at radius 1 is 1.17 bits per heavy atom. The van der Waals surface area contributed by atoms with Crippen molar-refractivity contribution >= 4 is 5.91 Å². The molecule has 1 fully saturated rings. The second kappa shape index (κ2) is 10.5. The molecule has 0 bridgehead atoms. The molecule has 0 spiro atoms. The number of ether oxygens (including phenoxy) is 1. The average molecular weight is 402 g/mol. The van der Waals surface area contributed by atoms with Crippen LogP contribution in [0.2, 0.25) is 0 Å². The SMILES string of the molecule is COCCNC(=O)CN1CCN(Cc2nc(-c3ccc(C(C)C)cc3)no2)CC1. The fraction of sp³-hybridized carbons (Fsp3) is 0.571. The van der Waals surface area contributed by atoms with Crippen LogP contribution in [0.25, 0.3) is 11.4 Å². The number of carbonyl (C=O) groups is 1. The van der Waals surface area contributed by atoms with Crippen LogP contribution in [-0.2, 0) is 16.1 Å². The van der Waals surface area contributed by atoms with E-state index in [1.165, 1.54) is 5.56 Å². The quantitative estimate of drug-likeness (QED) is 0.641. The molecule has 0 atom stereocenters. The van der Waals surface area contributed by atoms with Gasteiger partial charge in [-0.3, -0.25) is 14.6 Å². The van der Waals surface area contributed by atoms with Crippen molar-refractivity contribution in [3.05, 3.63) is 35.7 Å². The van der Waals surface area contributed by atoms with Crippen LogP contribution in [0.3, 0.4) is 0 Å². The molecule has 2 heterocycles. The Balaban J connectivity index is 1.44. The van der Waals surface area contributed by atoms with Crippen molar-refractivity contribution in [3.8, 4) is 11.4 Å². The maximum atomic E-state index is 11.9. The Morgan fingerprint density at radius 3 is 2.52 bits per heavy atom.